The molecule has 170 valence electrons. The number of carbonyl (C=O) groups excluding carboxylic acids is 2. The summed E-state index contributed by atoms with van der Waals surface area (Å²) in [6, 6.07) is 19.6. The number of rotatable bonds is 6. The van der Waals surface area contributed by atoms with Crippen LogP contribution in [-0.2, 0) is 9.59 Å². The molecule has 1 aliphatic heterocycles. The van der Waals surface area contributed by atoms with Gasteiger partial charge in [-0.25, -0.2) is 0 Å². The van der Waals surface area contributed by atoms with Gasteiger partial charge in [-0.3, -0.25) is 14.5 Å². The number of amides is 2. The van der Waals surface area contributed by atoms with E-state index < -0.39 is 6.04 Å². The maximum Gasteiger partial charge on any atom is 0.255 e. The van der Waals surface area contributed by atoms with Crippen LogP contribution in [-0.4, -0.2) is 32.1 Å². The van der Waals surface area contributed by atoms with Crippen LogP contribution in [0.25, 0.3) is 0 Å². The van der Waals surface area contributed by atoms with Gasteiger partial charge in [-0.05, 0) is 86.0 Å². The molecule has 1 heterocycles. The summed E-state index contributed by atoms with van der Waals surface area (Å²) in [6.07, 6.45) is 0. The average Bonchev–Trinajstić information content (AvgIpc) is 2.83. The fourth-order valence-corrected chi connectivity index (χ4v) is 4.04. The van der Waals surface area contributed by atoms with Crippen LogP contribution < -0.4 is 19.3 Å². The Morgan fingerprint density at radius 1 is 0.848 bits per heavy atom. The number of hydrogen-bond donors (Lipinski definition) is 0. The molecule has 0 radical (unpaired) electrons. The number of anilines is 2. The molecule has 0 saturated carbocycles. The van der Waals surface area contributed by atoms with Crippen molar-refractivity contribution < 1.29 is 19.1 Å². The molecule has 1 saturated heterocycles. The molecule has 1 atom stereocenters. The standard InChI is InChI=1S/C27H28N2O4/c1-5-33-24-14-10-21(11-15-24)29-25(30)17-28(22-9-6-18(2)19(3)16-22)27(31)26(29)20-7-12-23(32-4)13-8-20/h6-16,26H,5,17H2,1-4H3/t26-/m1/s1. The van der Waals surface area contributed by atoms with Crippen molar-refractivity contribution in [3.63, 3.8) is 0 Å². The minimum Gasteiger partial charge on any atom is -0.497 e. The van der Waals surface area contributed by atoms with Gasteiger partial charge in [0.2, 0.25) is 5.91 Å². The third-order valence-corrected chi connectivity index (χ3v) is 5.98. The third kappa shape index (κ3) is 4.42. The monoisotopic (exact) mass is 444 g/mol. The van der Waals surface area contributed by atoms with Gasteiger partial charge in [-0.15, -0.1) is 0 Å². The molecule has 33 heavy (non-hydrogen) atoms. The summed E-state index contributed by atoms with van der Waals surface area (Å²) in [5.41, 5.74) is 4.30. The fraction of sp³-hybridized carbons (Fsp3) is 0.259. The number of ether oxygens (including phenoxy) is 2. The summed E-state index contributed by atoms with van der Waals surface area (Å²) in [4.78, 5) is 30.5. The molecule has 0 N–H and O–H groups in total. The first-order valence-corrected chi connectivity index (χ1v) is 11.0. The molecule has 3 aromatic carbocycles. The van der Waals surface area contributed by atoms with Crippen molar-refractivity contribution in [3.05, 3.63) is 83.4 Å². The van der Waals surface area contributed by atoms with E-state index in [9.17, 15) is 9.59 Å². The molecule has 6 nitrogen and oxygen atoms in total. The lowest BCUT2D eigenvalue weighted by atomic mass is 9.98. The summed E-state index contributed by atoms with van der Waals surface area (Å²) in [5, 5.41) is 0. The molecule has 0 spiro atoms. The van der Waals surface area contributed by atoms with E-state index in [1.54, 1.807) is 29.0 Å². The van der Waals surface area contributed by atoms with Crippen molar-refractivity contribution in [2.75, 3.05) is 30.1 Å². The Kier molecular flexibility index (Phi) is 6.36. The first-order chi connectivity index (χ1) is 15.9. The molecule has 0 aliphatic carbocycles. The lowest BCUT2D eigenvalue weighted by Gasteiger charge is -2.40. The van der Waals surface area contributed by atoms with Crippen LogP contribution in [0.15, 0.2) is 66.7 Å². The summed E-state index contributed by atoms with van der Waals surface area (Å²) in [6.45, 7) is 6.47. The van der Waals surface area contributed by atoms with Gasteiger partial charge in [0.05, 0.1) is 13.7 Å². The minimum absolute atomic E-state index is 0.0266. The van der Waals surface area contributed by atoms with Gasteiger partial charge in [0.15, 0.2) is 0 Å². The Morgan fingerprint density at radius 2 is 1.48 bits per heavy atom. The second-order valence-electron chi connectivity index (χ2n) is 8.06. The van der Waals surface area contributed by atoms with Gasteiger partial charge < -0.3 is 14.4 Å². The zero-order valence-electron chi connectivity index (χ0n) is 19.4. The summed E-state index contributed by atoms with van der Waals surface area (Å²) >= 11 is 0. The van der Waals surface area contributed by atoms with E-state index in [1.807, 2.05) is 75.4 Å². The average molecular weight is 445 g/mol. The smallest absolute Gasteiger partial charge is 0.255 e. The van der Waals surface area contributed by atoms with E-state index >= 15 is 0 Å². The van der Waals surface area contributed by atoms with Crippen molar-refractivity contribution in [1.29, 1.82) is 0 Å². The van der Waals surface area contributed by atoms with Gasteiger partial charge in [-0.2, -0.15) is 0 Å². The fourth-order valence-electron chi connectivity index (χ4n) is 4.04. The normalized spacial score (nSPS) is 16.2. The zero-order valence-corrected chi connectivity index (χ0v) is 19.4. The quantitative estimate of drug-likeness (QED) is 0.546. The van der Waals surface area contributed by atoms with Gasteiger partial charge in [0, 0.05) is 11.4 Å². The number of carbonyl (C=O) groups is 2. The first-order valence-electron chi connectivity index (χ1n) is 11.0. The summed E-state index contributed by atoms with van der Waals surface area (Å²) in [7, 11) is 1.60. The molecular weight excluding hydrogens is 416 g/mol. The van der Waals surface area contributed by atoms with Crippen molar-refractivity contribution in [3.8, 4) is 11.5 Å². The number of hydrogen-bond acceptors (Lipinski definition) is 4. The van der Waals surface area contributed by atoms with E-state index in [1.165, 1.54) is 0 Å². The van der Waals surface area contributed by atoms with Crippen LogP contribution in [0.3, 0.4) is 0 Å². The van der Waals surface area contributed by atoms with Crippen molar-refractivity contribution in [1.82, 2.24) is 0 Å². The Balaban J connectivity index is 1.77. The second kappa shape index (κ2) is 9.36. The van der Waals surface area contributed by atoms with Crippen molar-refractivity contribution >= 4 is 23.2 Å². The molecule has 0 unspecified atom stereocenters. The Bertz CT molecular complexity index is 1160. The molecule has 3 aromatic rings. The predicted octanol–water partition coefficient (Wildman–Crippen LogP) is 4.83. The van der Waals surface area contributed by atoms with Gasteiger partial charge in [0.1, 0.15) is 24.1 Å². The molecule has 2 amide bonds. The van der Waals surface area contributed by atoms with Crippen LogP contribution >= 0.6 is 0 Å². The van der Waals surface area contributed by atoms with E-state index in [4.69, 9.17) is 9.47 Å². The largest absolute Gasteiger partial charge is 0.497 e. The Labute approximate surface area is 194 Å². The second-order valence-corrected chi connectivity index (χ2v) is 8.06. The van der Waals surface area contributed by atoms with Crippen LogP contribution in [0.5, 0.6) is 11.5 Å². The highest BCUT2D eigenvalue weighted by Gasteiger charge is 2.42. The van der Waals surface area contributed by atoms with E-state index in [-0.39, 0.29) is 18.4 Å². The van der Waals surface area contributed by atoms with Crippen LogP contribution in [0.4, 0.5) is 11.4 Å². The molecule has 0 aromatic heterocycles. The van der Waals surface area contributed by atoms with Crippen LogP contribution in [0.2, 0.25) is 0 Å². The maximum atomic E-state index is 13.9. The topological polar surface area (TPSA) is 59.1 Å². The van der Waals surface area contributed by atoms with E-state index in [0.717, 1.165) is 28.1 Å². The summed E-state index contributed by atoms with van der Waals surface area (Å²) < 4.78 is 10.8. The van der Waals surface area contributed by atoms with Crippen LogP contribution in [0.1, 0.15) is 29.7 Å². The number of aryl methyl sites for hydroxylation is 2. The number of piperazine rings is 1. The van der Waals surface area contributed by atoms with Crippen molar-refractivity contribution in [2.24, 2.45) is 0 Å². The van der Waals surface area contributed by atoms with Gasteiger partial charge in [-0.1, -0.05) is 18.2 Å². The maximum absolute atomic E-state index is 13.9. The number of nitrogens with zero attached hydrogens (tertiary/aromatic N) is 2. The lowest BCUT2D eigenvalue weighted by Crippen LogP contribution is -2.56. The predicted molar refractivity (Wildman–Crippen MR) is 129 cm³/mol. The molecule has 1 fully saturated rings. The SMILES string of the molecule is CCOc1ccc(N2C(=O)CN(c3ccc(C)c(C)c3)C(=O)[C@H]2c2ccc(OC)cc2)cc1. The Hall–Kier alpha value is -3.80. The van der Waals surface area contributed by atoms with Gasteiger partial charge in [0.25, 0.3) is 5.91 Å². The lowest BCUT2D eigenvalue weighted by molar-refractivity contribution is -0.128. The molecule has 4 rings (SSSR count). The van der Waals surface area contributed by atoms with Crippen LogP contribution in [0, 0.1) is 13.8 Å². The first kappa shape index (κ1) is 22.4. The van der Waals surface area contributed by atoms with E-state index in [2.05, 4.69) is 0 Å². The summed E-state index contributed by atoms with van der Waals surface area (Å²) in [5.74, 6) is 1.09. The van der Waals surface area contributed by atoms with Gasteiger partial charge >= 0.3 is 0 Å². The highest BCUT2D eigenvalue weighted by molar-refractivity contribution is 6.14. The zero-order chi connectivity index (χ0) is 23.5. The molecular formula is C27H28N2O4. The third-order valence-electron chi connectivity index (χ3n) is 5.98. The Morgan fingerprint density at radius 3 is 2.09 bits per heavy atom. The molecule has 6 heteroatoms. The highest BCUT2D eigenvalue weighted by Crippen LogP contribution is 2.36. The molecule has 1 aliphatic rings. The van der Waals surface area contributed by atoms with E-state index in [0.29, 0.717) is 18.0 Å². The van der Waals surface area contributed by atoms with Crippen molar-refractivity contribution in [2.45, 2.75) is 26.8 Å². The highest BCUT2D eigenvalue weighted by atomic mass is 16.5. The number of methoxy groups -OCH3 is 1. The minimum atomic E-state index is -0.795. The number of benzene rings is 3. The molecule has 0 bridgehead atoms.